The summed E-state index contributed by atoms with van der Waals surface area (Å²) in [6.45, 7) is 4.35. The van der Waals surface area contributed by atoms with Crippen molar-refractivity contribution in [2.45, 2.75) is 37.0 Å². The second-order valence-corrected chi connectivity index (χ2v) is 8.08. The number of ether oxygens (including phenoxy) is 1. The number of nitrogens with one attached hydrogen (secondary N) is 2. The van der Waals surface area contributed by atoms with Crippen LogP contribution >= 0.6 is 0 Å². The van der Waals surface area contributed by atoms with E-state index in [1.165, 1.54) is 0 Å². The zero-order valence-corrected chi connectivity index (χ0v) is 15.0. The van der Waals surface area contributed by atoms with Crippen LogP contribution in [0.1, 0.15) is 31.1 Å². The van der Waals surface area contributed by atoms with Gasteiger partial charge in [0.05, 0.1) is 10.5 Å². The molecular weight excluding hydrogens is 374 g/mol. The fourth-order valence-electron chi connectivity index (χ4n) is 1.63. The third-order valence-corrected chi connectivity index (χ3v) is 4.13. The molecule has 0 saturated heterocycles. The van der Waals surface area contributed by atoms with E-state index >= 15 is 0 Å². The van der Waals surface area contributed by atoms with E-state index in [1.807, 2.05) is 5.32 Å². The van der Waals surface area contributed by atoms with Crippen molar-refractivity contribution in [3.63, 3.8) is 0 Å². The molecule has 0 fully saturated rings. The summed E-state index contributed by atoms with van der Waals surface area (Å²) in [5.41, 5.74) is -0.716. The summed E-state index contributed by atoms with van der Waals surface area (Å²) in [7, 11) is -4.77. The van der Waals surface area contributed by atoms with E-state index in [0.717, 1.165) is 24.3 Å². The first-order valence-electron chi connectivity index (χ1n) is 7.24. The van der Waals surface area contributed by atoms with Crippen LogP contribution in [0.2, 0.25) is 0 Å². The number of imide groups is 1. The average molecular weight is 392 g/mol. The Labute approximate surface area is 148 Å². The van der Waals surface area contributed by atoms with E-state index in [0.29, 0.717) is 0 Å². The fraction of sp³-hybridized carbons (Fsp3) is 0.400. The Balaban J connectivity index is 2.61. The molecule has 3 amide bonds. The second-order valence-electron chi connectivity index (χ2n) is 6.16. The first kappa shape index (κ1) is 21.5. The summed E-state index contributed by atoms with van der Waals surface area (Å²) < 4.78 is 52.0. The molecule has 26 heavy (non-hydrogen) atoms. The topological polar surface area (TPSA) is 119 Å². The number of alkyl halides is 2. The van der Waals surface area contributed by atoms with Crippen LogP contribution in [0.4, 0.5) is 13.6 Å². The van der Waals surface area contributed by atoms with Gasteiger partial charge in [0.1, 0.15) is 0 Å². The second kappa shape index (κ2) is 8.21. The number of rotatable bonds is 5. The normalized spacial score (nSPS) is 11.8. The Morgan fingerprint density at radius 1 is 1.12 bits per heavy atom. The molecule has 1 rings (SSSR count). The smallest absolute Gasteiger partial charge is 0.341 e. The highest BCUT2D eigenvalue weighted by molar-refractivity contribution is 7.91. The van der Waals surface area contributed by atoms with Crippen LogP contribution in [0, 0.1) is 0 Å². The number of esters is 1. The molecule has 0 aromatic heterocycles. The highest BCUT2D eigenvalue weighted by Crippen LogP contribution is 2.18. The molecule has 0 unspecified atom stereocenters. The molecule has 0 bridgehead atoms. The van der Waals surface area contributed by atoms with E-state index in [1.54, 1.807) is 20.8 Å². The lowest BCUT2D eigenvalue weighted by Gasteiger charge is -2.20. The quantitative estimate of drug-likeness (QED) is 0.733. The summed E-state index contributed by atoms with van der Waals surface area (Å²) in [6, 6.07) is 2.84. The highest BCUT2D eigenvalue weighted by atomic mass is 32.2. The third-order valence-electron chi connectivity index (χ3n) is 2.73. The molecule has 8 nitrogen and oxygen atoms in total. The lowest BCUT2D eigenvalue weighted by molar-refractivity contribution is -0.123. The van der Waals surface area contributed by atoms with Crippen molar-refractivity contribution in [3.8, 4) is 0 Å². The summed E-state index contributed by atoms with van der Waals surface area (Å²) in [6.07, 6.45) is 0. The van der Waals surface area contributed by atoms with Crippen molar-refractivity contribution in [3.05, 3.63) is 29.8 Å². The number of benzene rings is 1. The lowest BCUT2D eigenvalue weighted by atomic mass is 10.1. The Hall–Kier alpha value is -2.56. The molecule has 0 saturated carbocycles. The van der Waals surface area contributed by atoms with Crippen molar-refractivity contribution in [2.24, 2.45) is 0 Å². The third kappa shape index (κ3) is 6.39. The Morgan fingerprint density at radius 2 is 1.65 bits per heavy atom. The molecule has 144 valence electrons. The van der Waals surface area contributed by atoms with Crippen molar-refractivity contribution < 1.29 is 36.3 Å². The van der Waals surface area contributed by atoms with Crippen molar-refractivity contribution in [1.29, 1.82) is 0 Å². The number of hydrogen-bond donors (Lipinski definition) is 2. The van der Waals surface area contributed by atoms with Gasteiger partial charge in [-0.1, -0.05) is 0 Å². The van der Waals surface area contributed by atoms with Gasteiger partial charge >= 0.3 is 17.8 Å². The maximum atomic E-state index is 12.4. The molecule has 0 aliphatic carbocycles. The van der Waals surface area contributed by atoms with Crippen LogP contribution in [0.5, 0.6) is 0 Å². The number of sulfone groups is 1. The van der Waals surface area contributed by atoms with Crippen LogP contribution in [-0.2, 0) is 19.4 Å². The Morgan fingerprint density at radius 3 is 2.12 bits per heavy atom. The minimum atomic E-state index is -4.77. The number of carbonyl (C=O) groups is 3. The number of urea groups is 1. The summed E-state index contributed by atoms with van der Waals surface area (Å²) in [4.78, 5) is 34.1. The summed E-state index contributed by atoms with van der Waals surface area (Å²) in [5.74, 6) is -5.45. The van der Waals surface area contributed by atoms with Crippen LogP contribution in [0.3, 0.4) is 0 Å². The fourth-order valence-corrected chi connectivity index (χ4v) is 2.35. The van der Waals surface area contributed by atoms with Crippen molar-refractivity contribution >= 4 is 27.7 Å². The number of amides is 3. The van der Waals surface area contributed by atoms with Gasteiger partial charge in [-0.05, 0) is 45.0 Å². The first-order chi connectivity index (χ1) is 11.8. The Kier molecular flexibility index (Phi) is 6.79. The van der Waals surface area contributed by atoms with E-state index in [4.69, 9.17) is 0 Å². The van der Waals surface area contributed by atoms with E-state index < -0.39 is 50.5 Å². The van der Waals surface area contributed by atoms with Gasteiger partial charge in [0, 0.05) is 5.54 Å². The molecule has 2 N–H and O–H groups in total. The zero-order chi connectivity index (χ0) is 20.1. The largest absolute Gasteiger partial charge is 0.452 e. The molecule has 1 aromatic carbocycles. The van der Waals surface area contributed by atoms with E-state index in [9.17, 15) is 31.6 Å². The molecule has 0 aliphatic heterocycles. The van der Waals surface area contributed by atoms with Gasteiger partial charge in [-0.25, -0.2) is 18.0 Å². The van der Waals surface area contributed by atoms with E-state index in [-0.39, 0.29) is 5.56 Å². The van der Waals surface area contributed by atoms with Crippen molar-refractivity contribution in [1.82, 2.24) is 10.6 Å². The van der Waals surface area contributed by atoms with Gasteiger partial charge in [-0.2, -0.15) is 8.78 Å². The standard InChI is InChI=1S/C15H18F2N2O6S/c1-15(2,3)19-14(22)18-11(20)8-25-12(21)9-4-6-10(7-5-9)26(23,24)13(16)17/h4-7,13H,8H2,1-3H3,(H2,18,19,20,22). The molecule has 0 atom stereocenters. The van der Waals surface area contributed by atoms with Crippen LogP contribution < -0.4 is 10.6 Å². The summed E-state index contributed by atoms with van der Waals surface area (Å²) in [5, 5.41) is 4.43. The van der Waals surface area contributed by atoms with Gasteiger partial charge in [-0.3, -0.25) is 10.1 Å². The minimum Gasteiger partial charge on any atom is -0.452 e. The predicted molar refractivity (Wildman–Crippen MR) is 86.3 cm³/mol. The minimum absolute atomic E-state index is 0.148. The molecule has 0 aliphatic rings. The Bertz CT molecular complexity index is 785. The lowest BCUT2D eigenvalue weighted by Crippen LogP contribution is -2.49. The van der Waals surface area contributed by atoms with Gasteiger partial charge in [-0.15, -0.1) is 0 Å². The van der Waals surface area contributed by atoms with Crippen molar-refractivity contribution in [2.75, 3.05) is 6.61 Å². The number of carbonyl (C=O) groups excluding carboxylic acids is 3. The highest BCUT2D eigenvalue weighted by Gasteiger charge is 2.26. The summed E-state index contributed by atoms with van der Waals surface area (Å²) >= 11 is 0. The predicted octanol–water partition coefficient (Wildman–Crippen LogP) is 1.46. The maximum Gasteiger partial charge on any atom is 0.341 e. The molecule has 0 radical (unpaired) electrons. The molecule has 11 heteroatoms. The molecule has 1 aromatic rings. The number of halogens is 2. The maximum absolute atomic E-state index is 12.4. The monoisotopic (exact) mass is 392 g/mol. The molecular formula is C15H18F2N2O6S. The zero-order valence-electron chi connectivity index (χ0n) is 14.2. The van der Waals surface area contributed by atoms with Gasteiger partial charge < -0.3 is 10.1 Å². The first-order valence-corrected chi connectivity index (χ1v) is 8.79. The molecule has 0 spiro atoms. The van der Waals surface area contributed by atoms with Crippen LogP contribution in [-0.4, -0.2) is 44.2 Å². The average Bonchev–Trinajstić information content (AvgIpc) is 2.50. The van der Waals surface area contributed by atoms with Crippen LogP contribution in [0.15, 0.2) is 29.2 Å². The van der Waals surface area contributed by atoms with Gasteiger partial charge in [0.2, 0.25) is 9.84 Å². The molecule has 0 heterocycles. The van der Waals surface area contributed by atoms with E-state index in [2.05, 4.69) is 10.1 Å². The SMILES string of the molecule is CC(C)(C)NC(=O)NC(=O)COC(=O)c1ccc(S(=O)(=O)C(F)F)cc1. The van der Waals surface area contributed by atoms with Gasteiger partial charge in [0.15, 0.2) is 6.61 Å². The van der Waals surface area contributed by atoms with Crippen LogP contribution in [0.25, 0.3) is 0 Å². The number of hydrogen-bond acceptors (Lipinski definition) is 6. The van der Waals surface area contributed by atoms with Gasteiger partial charge in [0.25, 0.3) is 5.91 Å².